The molecule has 0 aromatic heterocycles. The molecule has 1 aromatic carbocycles. The number of carbonyl (C=O) groups is 1. The van der Waals surface area contributed by atoms with E-state index in [1.807, 2.05) is 0 Å². The number of benzene rings is 1. The first-order chi connectivity index (χ1) is 9.49. The number of nitrogen functional groups attached to an aromatic ring is 1. The molecule has 2 N–H and O–H groups in total. The maximum atomic E-state index is 13.4. The fourth-order valence-corrected chi connectivity index (χ4v) is 2.33. The molecular weight excluding hydrogens is 266 g/mol. The van der Waals surface area contributed by atoms with Gasteiger partial charge in [-0.05, 0) is 30.9 Å². The second-order valence-electron chi connectivity index (χ2n) is 5.09. The summed E-state index contributed by atoms with van der Waals surface area (Å²) in [5.74, 6) is -1.86. The van der Waals surface area contributed by atoms with Crippen LogP contribution >= 0.6 is 0 Å². The third-order valence-electron chi connectivity index (χ3n) is 3.55. The zero-order chi connectivity index (χ0) is 14.7. The summed E-state index contributed by atoms with van der Waals surface area (Å²) in [6.07, 6.45) is 1.78. The Morgan fingerprint density at radius 3 is 2.45 bits per heavy atom. The van der Waals surface area contributed by atoms with Crippen LogP contribution in [0.5, 0.6) is 0 Å². The first kappa shape index (κ1) is 14.7. The first-order valence-corrected chi connectivity index (χ1v) is 6.56. The Kier molecular flexibility index (Phi) is 4.54. The van der Waals surface area contributed by atoms with Gasteiger partial charge in [0.2, 0.25) is 0 Å². The molecule has 20 heavy (non-hydrogen) atoms. The summed E-state index contributed by atoms with van der Waals surface area (Å²) < 4.78 is 32.0. The molecule has 1 aromatic rings. The average molecular weight is 284 g/mol. The largest absolute Gasteiger partial charge is 0.394 e. The van der Waals surface area contributed by atoms with Crippen LogP contribution in [0.4, 0.5) is 14.5 Å². The minimum atomic E-state index is -0.909. The molecule has 0 bridgehead atoms. The number of amides is 1. The summed E-state index contributed by atoms with van der Waals surface area (Å²) in [5.41, 5.74) is 4.60. The number of hydrogen-bond acceptors (Lipinski definition) is 3. The van der Waals surface area contributed by atoms with Crippen molar-refractivity contribution < 1.29 is 18.3 Å². The number of nitrogens with zero attached hydrogens (tertiary/aromatic N) is 1. The van der Waals surface area contributed by atoms with E-state index in [1.165, 1.54) is 4.90 Å². The predicted molar refractivity (Wildman–Crippen MR) is 71.3 cm³/mol. The maximum Gasteiger partial charge on any atom is 0.253 e. The highest BCUT2D eigenvalue weighted by atomic mass is 19.1. The van der Waals surface area contributed by atoms with Crippen molar-refractivity contribution in [3.05, 3.63) is 29.3 Å². The molecule has 4 nitrogen and oxygen atoms in total. The summed E-state index contributed by atoms with van der Waals surface area (Å²) in [6, 6.07) is 1.95. The van der Waals surface area contributed by atoms with Crippen molar-refractivity contribution in [2.75, 3.05) is 32.5 Å². The number of halogens is 2. The normalized spacial score (nSPS) is 16.1. The van der Waals surface area contributed by atoms with E-state index in [9.17, 15) is 13.6 Å². The Labute approximate surface area is 116 Å². The van der Waals surface area contributed by atoms with E-state index in [2.05, 4.69) is 0 Å². The fourth-order valence-electron chi connectivity index (χ4n) is 2.33. The average Bonchev–Trinajstić information content (AvgIpc) is 2.44. The highest BCUT2D eigenvalue weighted by Crippen LogP contribution is 2.20. The van der Waals surface area contributed by atoms with Crippen LogP contribution in [-0.4, -0.2) is 37.6 Å². The molecule has 110 valence electrons. The molecule has 1 aliphatic heterocycles. The van der Waals surface area contributed by atoms with Gasteiger partial charge in [0, 0.05) is 32.4 Å². The van der Waals surface area contributed by atoms with Gasteiger partial charge in [-0.15, -0.1) is 0 Å². The molecule has 0 spiro atoms. The van der Waals surface area contributed by atoms with E-state index in [1.54, 1.807) is 7.05 Å². The highest BCUT2D eigenvalue weighted by Gasteiger charge is 2.21. The van der Waals surface area contributed by atoms with Gasteiger partial charge in [0.15, 0.2) is 0 Å². The van der Waals surface area contributed by atoms with Gasteiger partial charge in [-0.2, -0.15) is 0 Å². The quantitative estimate of drug-likeness (QED) is 0.864. The third-order valence-corrected chi connectivity index (χ3v) is 3.55. The lowest BCUT2D eigenvalue weighted by Gasteiger charge is -2.27. The van der Waals surface area contributed by atoms with E-state index in [4.69, 9.17) is 10.5 Å². The van der Waals surface area contributed by atoms with Crippen molar-refractivity contribution in [1.29, 1.82) is 0 Å². The zero-order valence-corrected chi connectivity index (χ0v) is 11.4. The van der Waals surface area contributed by atoms with Gasteiger partial charge in [0.1, 0.15) is 17.3 Å². The van der Waals surface area contributed by atoms with Gasteiger partial charge in [-0.25, -0.2) is 8.78 Å². The Morgan fingerprint density at radius 2 is 1.90 bits per heavy atom. The van der Waals surface area contributed by atoms with Crippen molar-refractivity contribution in [3.63, 3.8) is 0 Å². The topological polar surface area (TPSA) is 55.6 Å². The van der Waals surface area contributed by atoms with Gasteiger partial charge < -0.3 is 15.4 Å². The van der Waals surface area contributed by atoms with Gasteiger partial charge in [0.05, 0.1) is 0 Å². The summed E-state index contributed by atoms with van der Waals surface area (Å²) in [6.45, 7) is 1.94. The Balaban J connectivity index is 2.06. The molecule has 6 heteroatoms. The number of nitrogens with two attached hydrogens (primary N) is 1. The molecule has 0 unspecified atom stereocenters. The molecule has 0 aliphatic carbocycles. The predicted octanol–water partition coefficient (Wildman–Crippen LogP) is 2.05. The van der Waals surface area contributed by atoms with Crippen LogP contribution in [0.25, 0.3) is 0 Å². The molecule has 0 saturated carbocycles. The van der Waals surface area contributed by atoms with Crippen LogP contribution in [0.15, 0.2) is 12.1 Å². The molecule has 1 fully saturated rings. The van der Waals surface area contributed by atoms with E-state index < -0.39 is 23.2 Å². The minimum Gasteiger partial charge on any atom is -0.394 e. The van der Waals surface area contributed by atoms with Crippen LogP contribution in [0.2, 0.25) is 0 Å². The Hall–Kier alpha value is -1.69. The molecule has 1 saturated heterocycles. The minimum absolute atomic E-state index is 0.0243. The molecule has 1 amide bonds. The van der Waals surface area contributed by atoms with E-state index in [-0.39, 0.29) is 5.56 Å². The number of carbonyl (C=O) groups excluding carboxylic acids is 1. The van der Waals surface area contributed by atoms with Crippen LogP contribution in [-0.2, 0) is 4.74 Å². The molecule has 0 atom stereocenters. The van der Waals surface area contributed by atoms with E-state index >= 15 is 0 Å². The van der Waals surface area contributed by atoms with Crippen molar-refractivity contribution >= 4 is 11.6 Å². The molecule has 0 radical (unpaired) electrons. The standard InChI is InChI=1S/C14H18F2N2O2/c1-18(8-9-2-4-20-5-3-9)14(19)10-6-11(15)13(17)12(16)7-10/h6-7,9H,2-5,8,17H2,1H3. The monoisotopic (exact) mass is 284 g/mol. The van der Waals surface area contributed by atoms with E-state index in [0.717, 1.165) is 25.0 Å². The number of ether oxygens (including phenoxy) is 1. The number of rotatable bonds is 3. The van der Waals surface area contributed by atoms with Gasteiger partial charge in [-0.1, -0.05) is 0 Å². The van der Waals surface area contributed by atoms with E-state index in [0.29, 0.717) is 25.7 Å². The molecule has 2 rings (SSSR count). The second-order valence-corrected chi connectivity index (χ2v) is 5.09. The van der Waals surface area contributed by atoms with Crippen LogP contribution in [0, 0.1) is 17.6 Å². The summed E-state index contributed by atoms with van der Waals surface area (Å²) in [7, 11) is 1.63. The first-order valence-electron chi connectivity index (χ1n) is 6.56. The smallest absolute Gasteiger partial charge is 0.253 e. The van der Waals surface area contributed by atoms with Crippen molar-refractivity contribution in [3.8, 4) is 0 Å². The number of hydrogen-bond donors (Lipinski definition) is 1. The SMILES string of the molecule is CN(CC1CCOCC1)C(=O)c1cc(F)c(N)c(F)c1. The summed E-state index contributed by atoms with van der Waals surface area (Å²) in [4.78, 5) is 13.6. The highest BCUT2D eigenvalue weighted by molar-refractivity contribution is 5.94. The number of anilines is 1. The van der Waals surface area contributed by atoms with Crippen LogP contribution in [0.3, 0.4) is 0 Å². The lowest BCUT2D eigenvalue weighted by molar-refractivity contribution is 0.0497. The summed E-state index contributed by atoms with van der Waals surface area (Å²) >= 11 is 0. The fraction of sp³-hybridized carbons (Fsp3) is 0.500. The van der Waals surface area contributed by atoms with Crippen molar-refractivity contribution in [2.24, 2.45) is 5.92 Å². The Morgan fingerprint density at radius 1 is 1.35 bits per heavy atom. The third kappa shape index (κ3) is 3.25. The second kappa shape index (κ2) is 6.17. The maximum absolute atomic E-state index is 13.4. The molecular formula is C14H18F2N2O2. The van der Waals surface area contributed by atoms with Gasteiger partial charge in [-0.3, -0.25) is 4.79 Å². The molecule has 1 heterocycles. The van der Waals surface area contributed by atoms with Crippen molar-refractivity contribution in [2.45, 2.75) is 12.8 Å². The lowest BCUT2D eigenvalue weighted by atomic mass is 9.99. The van der Waals surface area contributed by atoms with Crippen molar-refractivity contribution in [1.82, 2.24) is 4.90 Å². The zero-order valence-electron chi connectivity index (χ0n) is 11.4. The van der Waals surface area contributed by atoms with Crippen LogP contribution in [0.1, 0.15) is 23.2 Å². The Bertz CT molecular complexity index is 479. The molecule has 1 aliphatic rings. The summed E-state index contributed by atoms with van der Waals surface area (Å²) in [5, 5.41) is 0. The van der Waals surface area contributed by atoms with Crippen LogP contribution < -0.4 is 5.73 Å². The van der Waals surface area contributed by atoms with Gasteiger partial charge in [0.25, 0.3) is 5.91 Å². The van der Waals surface area contributed by atoms with Gasteiger partial charge >= 0.3 is 0 Å². The lowest BCUT2D eigenvalue weighted by Crippen LogP contribution is -2.34.